The number of carbonyl (C=O) groups excluding carboxylic acids is 5. The van der Waals surface area contributed by atoms with Crippen LogP contribution in [0.15, 0.2) is 30.5 Å². The second-order valence-corrected chi connectivity index (χ2v) is 13.5. The molecule has 2 saturated heterocycles. The first-order chi connectivity index (χ1) is 23.1. The number of hydrogen-bond acceptors (Lipinski definition) is 6. The van der Waals surface area contributed by atoms with Crippen LogP contribution in [0.5, 0.6) is 0 Å². The molecule has 48 heavy (non-hydrogen) atoms. The molecule has 2 aliphatic heterocycles. The Hall–Kier alpha value is -3.73. The Morgan fingerprint density at radius 2 is 1.67 bits per heavy atom. The number of ketones is 1. The molecule has 11 nitrogen and oxygen atoms in total. The van der Waals surface area contributed by atoms with Gasteiger partial charge in [-0.25, -0.2) is 0 Å². The van der Waals surface area contributed by atoms with Crippen LogP contribution in [0.3, 0.4) is 0 Å². The molecule has 2 aliphatic rings. The average molecular weight is 666 g/mol. The third-order valence-corrected chi connectivity index (χ3v) is 10.1. The van der Waals surface area contributed by atoms with Gasteiger partial charge in [-0.1, -0.05) is 71.6 Å². The lowest BCUT2D eigenvalue weighted by Crippen LogP contribution is -2.64. The Labute approximate surface area is 284 Å². The van der Waals surface area contributed by atoms with Crippen molar-refractivity contribution in [2.24, 2.45) is 5.92 Å². The van der Waals surface area contributed by atoms with E-state index >= 15 is 0 Å². The molecule has 1 aromatic carbocycles. The number of para-hydroxylation sites is 1. The molecule has 1 aromatic heterocycles. The highest BCUT2D eigenvalue weighted by atomic mass is 16.3. The molecule has 4 amide bonds. The van der Waals surface area contributed by atoms with E-state index in [0.29, 0.717) is 57.1 Å². The topological polar surface area (TPSA) is 150 Å². The summed E-state index contributed by atoms with van der Waals surface area (Å²) in [6.07, 6.45) is 8.08. The third kappa shape index (κ3) is 8.84. The van der Waals surface area contributed by atoms with E-state index in [2.05, 4.69) is 27.4 Å². The van der Waals surface area contributed by atoms with Crippen LogP contribution in [0.25, 0.3) is 10.9 Å². The molecule has 0 radical (unpaired) electrons. The van der Waals surface area contributed by atoms with Crippen molar-refractivity contribution in [2.75, 3.05) is 6.54 Å². The molecule has 2 unspecified atom stereocenters. The molecule has 0 spiro atoms. The van der Waals surface area contributed by atoms with Gasteiger partial charge in [-0.2, -0.15) is 0 Å². The van der Waals surface area contributed by atoms with E-state index in [9.17, 15) is 29.1 Å². The quantitative estimate of drug-likeness (QED) is 0.221. The van der Waals surface area contributed by atoms with Crippen LogP contribution in [0.2, 0.25) is 0 Å². The van der Waals surface area contributed by atoms with E-state index in [-0.39, 0.29) is 24.0 Å². The monoisotopic (exact) mass is 665 g/mol. The van der Waals surface area contributed by atoms with E-state index in [0.717, 1.165) is 43.1 Å². The molecule has 11 heteroatoms. The molecule has 0 bridgehead atoms. The number of aliphatic hydroxyl groups is 1. The summed E-state index contributed by atoms with van der Waals surface area (Å²) in [6, 6.07) is 3.54. The van der Waals surface area contributed by atoms with E-state index < -0.39 is 48.0 Å². The zero-order valence-corrected chi connectivity index (χ0v) is 29.1. The Bertz CT molecular complexity index is 1440. The summed E-state index contributed by atoms with van der Waals surface area (Å²) >= 11 is 0. The minimum atomic E-state index is -1.43. The lowest BCUT2D eigenvalue weighted by atomic mass is 9.92. The smallest absolute Gasteiger partial charge is 0.246 e. The number of Topliss-reactive ketones (excluding diaryl/α,β-unsaturated/α-hetero) is 1. The highest BCUT2D eigenvalue weighted by Crippen LogP contribution is 2.30. The van der Waals surface area contributed by atoms with Gasteiger partial charge in [0.2, 0.25) is 23.6 Å². The maximum absolute atomic E-state index is 14.2. The van der Waals surface area contributed by atoms with Crippen molar-refractivity contribution >= 4 is 40.3 Å². The number of carbonyl (C=O) groups is 5. The van der Waals surface area contributed by atoms with Crippen molar-refractivity contribution in [1.29, 1.82) is 0 Å². The van der Waals surface area contributed by atoms with Crippen molar-refractivity contribution in [2.45, 2.75) is 142 Å². The van der Waals surface area contributed by atoms with Crippen LogP contribution < -0.4 is 16.0 Å². The first-order valence-corrected chi connectivity index (χ1v) is 18.1. The Balaban J connectivity index is 1.71. The van der Waals surface area contributed by atoms with Crippen LogP contribution in [-0.4, -0.2) is 74.7 Å². The Morgan fingerprint density at radius 3 is 2.40 bits per heavy atom. The molecular weight excluding hydrogens is 610 g/mol. The first-order valence-electron chi connectivity index (χ1n) is 18.1. The number of aromatic nitrogens is 1. The van der Waals surface area contributed by atoms with Gasteiger partial charge in [-0.3, -0.25) is 24.0 Å². The number of nitrogens with one attached hydrogen (secondary N) is 3. The van der Waals surface area contributed by atoms with Gasteiger partial charge in [-0.05, 0) is 50.5 Å². The SMILES string of the molecule is CCCCn1cc(C(O)[C@H]2NC(=O)[C@H](CCCCCC(=O)CC)NC(=O)[C@H]3CCCCN3C(=O)[C@H](C(C)CC)NC2=O)c2ccccc21. The van der Waals surface area contributed by atoms with Crippen molar-refractivity contribution in [3.05, 3.63) is 36.0 Å². The molecule has 2 fully saturated rings. The predicted octanol–water partition coefficient (Wildman–Crippen LogP) is 4.30. The predicted molar refractivity (Wildman–Crippen MR) is 185 cm³/mol. The van der Waals surface area contributed by atoms with Gasteiger partial charge in [0.05, 0.1) is 0 Å². The zero-order chi connectivity index (χ0) is 34.8. The van der Waals surface area contributed by atoms with Crippen LogP contribution >= 0.6 is 0 Å². The summed E-state index contributed by atoms with van der Waals surface area (Å²) in [7, 11) is 0. The summed E-state index contributed by atoms with van der Waals surface area (Å²) in [5.41, 5.74) is 1.41. The molecule has 6 atom stereocenters. The zero-order valence-electron chi connectivity index (χ0n) is 29.1. The van der Waals surface area contributed by atoms with Gasteiger partial charge in [0.15, 0.2) is 0 Å². The van der Waals surface area contributed by atoms with Crippen molar-refractivity contribution in [3.63, 3.8) is 0 Å². The summed E-state index contributed by atoms with van der Waals surface area (Å²) in [4.78, 5) is 69.5. The molecule has 0 aliphatic carbocycles. The lowest BCUT2D eigenvalue weighted by Gasteiger charge is -2.40. The van der Waals surface area contributed by atoms with E-state index in [1.165, 1.54) is 0 Å². The minimum absolute atomic E-state index is 0.184. The molecular formula is C37H55N5O6. The molecule has 2 aromatic rings. The van der Waals surface area contributed by atoms with Gasteiger partial charge >= 0.3 is 0 Å². The fourth-order valence-electron chi connectivity index (χ4n) is 6.88. The van der Waals surface area contributed by atoms with Crippen molar-refractivity contribution < 1.29 is 29.1 Å². The molecule has 4 N–H and O–H groups in total. The molecule has 3 heterocycles. The highest BCUT2D eigenvalue weighted by Gasteiger charge is 2.42. The second kappa shape index (κ2) is 17.6. The first kappa shape index (κ1) is 37.1. The van der Waals surface area contributed by atoms with Gasteiger partial charge in [0.25, 0.3) is 0 Å². The van der Waals surface area contributed by atoms with Crippen LogP contribution in [0, 0.1) is 5.92 Å². The summed E-state index contributed by atoms with van der Waals surface area (Å²) in [6.45, 7) is 8.86. The van der Waals surface area contributed by atoms with Crippen LogP contribution in [0.4, 0.5) is 0 Å². The number of rotatable bonds is 14. The number of hydrogen-bond donors (Lipinski definition) is 4. The number of unbranched alkanes of at least 4 members (excludes halogenated alkanes) is 3. The molecule has 0 saturated carbocycles. The standard InChI is InChI=1S/C37H55N5O6/c1-5-8-21-41-23-27(26-17-12-13-19-29(26)41)33(44)32-36(47)39-31(24(4)6-2)37(48)42-22-15-14-20-30(42)35(46)38-28(34(45)40-32)18-11-9-10-16-25(43)7-3/h12-13,17,19,23-24,28,30-33,44H,5-11,14-16,18,20-22H2,1-4H3,(H,38,46)(H,39,47)(H,40,45)/t24?,28-,30+,31-,32+,33?/m0/s1. The van der Waals surface area contributed by atoms with Gasteiger partial charge in [0, 0.05) is 48.6 Å². The average Bonchev–Trinajstić information content (AvgIpc) is 3.48. The fourth-order valence-corrected chi connectivity index (χ4v) is 6.88. The minimum Gasteiger partial charge on any atom is -0.386 e. The van der Waals surface area contributed by atoms with E-state index in [4.69, 9.17) is 0 Å². The normalized spacial score (nSPS) is 23.7. The number of fused-ring (bicyclic) bond motifs is 2. The summed E-state index contributed by atoms with van der Waals surface area (Å²) < 4.78 is 2.06. The van der Waals surface area contributed by atoms with E-state index in [1.54, 1.807) is 4.90 Å². The maximum atomic E-state index is 14.2. The number of aliphatic hydroxyl groups excluding tert-OH is 1. The lowest BCUT2D eigenvalue weighted by molar-refractivity contribution is -0.148. The Kier molecular flexibility index (Phi) is 13.6. The van der Waals surface area contributed by atoms with Crippen LogP contribution in [-0.2, 0) is 30.5 Å². The fraction of sp³-hybridized carbons (Fsp3) is 0.649. The number of nitrogens with zero attached hydrogens (tertiary/aromatic N) is 2. The largest absolute Gasteiger partial charge is 0.386 e. The second-order valence-electron chi connectivity index (χ2n) is 13.5. The maximum Gasteiger partial charge on any atom is 0.246 e. The van der Waals surface area contributed by atoms with Crippen molar-refractivity contribution in [1.82, 2.24) is 25.4 Å². The molecule has 4 rings (SSSR count). The van der Waals surface area contributed by atoms with Crippen LogP contribution in [0.1, 0.15) is 116 Å². The highest BCUT2D eigenvalue weighted by molar-refractivity contribution is 5.98. The Morgan fingerprint density at radius 1 is 0.917 bits per heavy atom. The summed E-state index contributed by atoms with van der Waals surface area (Å²) in [5, 5.41) is 21.4. The number of aryl methyl sites for hydroxylation is 1. The number of amides is 4. The number of benzene rings is 1. The van der Waals surface area contributed by atoms with Gasteiger partial charge in [0.1, 0.15) is 36.1 Å². The number of piperidine rings is 1. The molecule has 264 valence electrons. The van der Waals surface area contributed by atoms with E-state index in [1.807, 2.05) is 51.2 Å². The summed E-state index contributed by atoms with van der Waals surface area (Å²) in [5.74, 6) is -2.02. The van der Waals surface area contributed by atoms with Crippen molar-refractivity contribution in [3.8, 4) is 0 Å². The van der Waals surface area contributed by atoms with Gasteiger partial charge < -0.3 is 30.5 Å². The third-order valence-electron chi connectivity index (χ3n) is 10.1. The van der Waals surface area contributed by atoms with Gasteiger partial charge in [-0.15, -0.1) is 0 Å².